The molecule has 70 valence electrons. The average Bonchev–Trinajstić information content (AvgIpc) is 2.62. The van der Waals surface area contributed by atoms with E-state index >= 15 is 0 Å². The summed E-state index contributed by atoms with van der Waals surface area (Å²) < 4.78 is 0.970. The number of hydrogen-bond acceptors (Lipinski definition) is 6. The molecule has 0 N–H and O–H groups in total. The first kappa shape index (κ1) is 12.2. The maximum Gasteiger partial charge on any atom is 1.00 e. The Morgan fingerprint density at radius 3 is 2.93 bits per heavy atom. The molecule has 2 heterocycles. The van der Waals surface area contributed by atoms with Gasteiger partial charge in [-0.2, -0.15) is 5.26 Å². The van der Waals surface area contributed by atoms with Gasteiger partial charge < -0.3 is 4.98 Å². The quantitative estimate of drug-likeness (QED) is 0.364. The van der Waals surface area contributed by atoms with Gasteiger partial charge in [0.15, 0.2) is 5.69 Å². The minimum atomic E-state index is -0.592. The van der Waals surface area contributed by atoms with Crippen molar-refractivity contribution in [3.63, 3.8) is 0 Å². The molecule has 0 saturated heterocycles. The predicted octanol–water partition coefficient (Wildman–Crippen LogP) is -3.96. The second kappa shape index (κ2) is 4.76. The molecule has 0 aliphatic rings. The Labute approximate surface area is 110 Å². The molecular weight excluding hydrogens is 227 g/mol. The van der Waals surface area contributed by atoms with Crippen LogP contribution in [0.3, 0.4) is 0 Å². The van der Waals surface area contributed by atoms with Crippen LogP contribution in [-0.4, -0.2) is 26.0 Å². The van der Waals surface area contributed by atoms with E-state index in [1.54, 1.807) is 12.3 Å². The fraction of sp³-hybridized carbons (Fsp3) is 0.167. The van der Waals surface area contributed by atoms with Crippen LogP contribution < -0.4 is 40.2 Å². The topological polar surface area (TPSA) is 98.0 Å². The summed E-state index contributed by atoms with van der Waals surface area (Å²) in [6.07, 6.45) is 1.78. The molecule has 0 spiro atoms. The van der Waals surface area contributed by atoms with Gasteiger partial charge in [-0.3, -0.25) is 14.4 Å². The summed E-state index contributed by atoms with van der Waals surface area (Å²) in [6.45, 7) is 0. The van der Waals surface area contributed by atoms with Gasteiger partial charge in [0, 0.05) is 0 Å². The molecule has 0 aromatic carbocycles. The van der Waals surface area contributed by atoms with Gasteiger partial charge in [0.2, 0.25) is 0 Å². The fourth-order valence-electron chi connectivity index (χ4n) is 0.881. The van der Waals surface area contributed by atoms with Gasteiger partial charge in [-0.15, -0.1) is 11.8 Å². The Hall–Kier alpha value is -0.880. The molecule has 0 atom stereocenters. The van der Waals surface area contributed by atoms with Crippen LogP contribution in [0.15, 0.2) is 9.95 Å². The summed E-state index contributed by atoms with van der Waals surface area (Å²) in [6, 6.07) is 1.63. The van der Waals surface area contributed by atoms with Crippen molar-refractivity contribution in [3.05, 3.63) is 16.0 Å². The maximum absolute atomic E-state index is 11.4. The van der Waals surface area contributed by atoms with Crippen molar-refractivity contribution < 1.29 is 29.6 Å². The smallest absolute Gasteiger partial charge is 0.333 e. The molecule has 15 heavy (non-hydrogen) atoms. The Morgan fingerprint density at radius 2 is 2.33 bits per heavy atom. The van der Waals surface area contributed by atoms with Crippen LogP contribution in [0.25, 0.3) is 5.78 Å². The third-order valence-corrected chi connectivity index (χ3v) is 2.03. The van der Waals surface area contributed by atoms with E-state index in [2.05, 4.69) is 20.3 Å². The van der Waals surface area contributed by atoms with Crippen LogP contribution >= 0.6 is 11.8 Å². The number of thioether (sulfide) groups is 1. The van der Waals surface area contributed by atoms with Crippen LogP contribution in [0.4, 0.5) is 0 Å². The van der Waals surface area contributed by atoms with Gasteiger partial charge in [-0.1, -0.05) is 0 Å². The van der Waals surface area contributed by atoms with Gasteiger partial charge in [0.1, 0.15) is 11.2 Å². The van der Waals surface area contributed by atoms with E-state index in [1.165, 1.54) is 11.8 Å². The number of fused-ring (bicyclic) bond motifs is 1. The third kappa shape index (κ3) is 2.05. The van der Waals surface area contributed by atoms with Gasteiger partial charge in [-0.25, -0.2) is 10.2 Å². The van der Waals surface area contributed by atoms with E-state index in [9.17, 15) is 4.79 Å². The van der Waals surface area contributed by atoms with E-state index < -0.39 is 5.56 Å². The van der Waals surface area contributed by atoms with Gasteiger partial charge in [-0.05, 0) is 6.26 Å². The molecule has 7 nitrogen and oxygen atoms in total. The van der Waals surface area contributed by atoms with Crippen LogP contribution in [0.2, 0.25) is 0 Å². The van der Waals surface area contributed by atoms with Gasteiger partial charge >= 0.3 is 29.6 Å². The van der Waals surface area contributed by atoms with Crippen molar-refractivity contribution in [2.75, 3.05) is 6.26 Å². The molecule has 0 bridgehead atoms. The monoisotopic (exact) mass is 230 g/mol. The van der Waals surface area contributed by atoms with Crippen molar-refractivity contribution in [1.29, 1.82) is 5.26 Å². The van der Waals surface area contributed by atoms with Crippen molar-refractivity contribution in [3.8, 4) is 6.07 Å². The van der Waals surface area contributed by atoms with Crippen molar-refractivity contribution in [2.24, 2.45) is 0 Å². The number of hydrogen-bond donors (Lipinski definition) is 0. The van der Waals surface area contributed by atoms with E-state index in [-0.39, 0.29) is 41.0 Å². The zero-order valence-corrected chi connectivity index (χ0v) is 10.8. The van der Waals surface area contributed by atoms with Gasteiger partial charge in [0.25, 0.3) is 5.56 Å². The average molecular weight is 230 g/mol. The number of rotatable bonds is 1. The third-order valence-electron chi connectivity index (χ3n) is 1.49. The van der Waals surface area contributed by atoms with E-state index in [4.69, 9.17) is 5.26 Å². The molecule has 0 amide bonds. The van der Waals surface area contributed by atoms with Crippen molar-refractivity contribution >= 4 is 17.5 Å². The van der Waals surface area contributed by atoms with Crippen molar-refractivity contribution in [2.45, 2.75) is 5.16 Å². The summed E-state index contributed by atoms with van der Waals surface area (Å²) >= 11 is 1.28. The molecular formula is C6H3N6NaOS. The molecule has 0 saturated carbocycles. The molecule has 0 fully saturated rings. The van der Waals surface area contributed by atoms with Crippen LogP contribution in [0.1, 0.15) is 5.69 Å². The number of nitrogens with zero attached hydrogens (tertiary/aromatic N) is 6. The molecule has 2 aromatic rings. The predicted molar refractivity (Wildman–Crippen MR) is 46.9 cm³/mol. The minimum absolute atomic E-state index is 0. The van der Waals surface area contributed by atoms with Crippen LogP contribution in [0, 0.1) is 11.3 Å². The van der Waals surface area contributed by atoms with E-state index in [1.807, 2.05) is 0 Å². The summed E-state index contributed by atoms with van der Waals surface area (Å²) in [7, 11) is 0. The molecule has 2 rings (SSSR count). The SMILES string of the molecule is CSc1nc2[n-]nc(C#N)c(=O)n2n1.[Na+]. The second-order valence-corrected chi connectivity index (χ2v) is 3.05. The standard InChI is InChI=1S/C6H4N6OS.Na/c1-14-6-8-5-10-9-3(2-7)4(13)12(5)11-6;/h1H3,(H,8,10,11,13);/q;+1/p-1. The Morgan fingerprint density at radius 1 is 1.60 bits per heavy atom. The molecule has 9 heteroatoms. The Balaban J connectivity index is 0.00000112. The first-order valence-electron chi connectivity index (χ1n) is 3.51. The Kier molecular flexibility index (Phi) is 3.87. The zero-order chi connectivity index (χ0) is 10.1. The van der Waals surface area contributed by atoms with Crippen molar-refractivity contribution in [1.82, 2.24) is 24.8 Å². The summed E-state index contributed by atoms with van der Waals surface area (Å²) in [4.78, 5) is 15.3. The normalized spacial score (nSPS) is 9.60. The fourth-order valence-corrected chi connectivity index (χ4v) is 1.22. The van der Waals surface area contributed by atoms with Crippen LogP contribution in [-0.2, 0) is 0 Å². The number of nitriles is 1. The van der Waals surface area contributed by atoms with E-state index in [0.29, 0.717) is 5.16 Å². The Bertz CT molecular complexity index is 583. The molecule has 0 aliphatic carbocycles. The van der Waals surface area contributed by atoms with Crippen LogP contribution in [0.5, 0.6) is 0 Å². The first-order chi connectivity index (χ1) is 6.76. The first-order valence-corrected chi connectivity index (χ1v) is 4.73. The number of aromatic nitrogens is 5. The largest absolute Gasteiger partial charge is 1.00 e. The summed E-state index contributed by atoms with van der Waals surface area (Å²) in [5, 5.41) is 19.8. The second-order valence-electron chi connectivity index (χ2n) is 2.28. The zero-order valence-electron chi connectivity index (χ0n) is 8.00. The molecule has 0 unspecified atom stereocenters. The minimum Gasteiger partial charge on any atom is -0.333 e. The summed E-state index contributed by atoms with van der Waals surface area (Å²) in [5.74, 6) is 0.110. The maximum atomic E-state index is 11.4. The summed E-state index contributed by atoms with van der Waals surface area (Å²) in [5.41, 5.74) is -0.875. The van der Waals surface area contributed by atoms with E-state index in [0.717, 1.165) is 4.52 Å². The molecule has 2 aromatic heterocycles. The molecule has 0 radical (unpaired) electrons. The van der Waals surface area contributed by atoms with Gasteiger partial charge in [0.05, 0.1) is 5.78 Å². The molecule has 0 aliphatic heterocycles.